The van der Waals surface area contributed by atoms with Gasteiger partial charge in [-0.3, -0.25) is 4.79 Å². The van der Waals surface area contributed by atoms with Crippen molar-refractivity contribution in [3.05, 3.63) is 0 Å². The third-order valence-corrected chi connectivity index (χ3v) is 5.03. The van der Waals surface area contributed by atoms with Gasteiger partial charge < -0.3 is 14.9 Å². The molecule has 1 N–H and O–H groups in total. The lowest BCUT2D eigenvalue weighted by Gasteiger charge is -2.37. The zero-order valence-corrected chi connectivity index (χ0v) is 12.4. The van der Waals surface area contributed by atoms with Crippen LogP contribution >= 0.6 is 0 Å². The minimum Gasteiger partial charge on any atom is -0.481 e. The van der Waals surface area contributed by atoms with Crippen LogP contribution in [-0.2, 0) is 4.79 Å². The van der Waals surface area contributed by atoms with Crippen molar-refractivity contribution in [2.45, 2.75) is 51.0 Å². The van der Waals surface area contributed by atoms with Crippen molar-refractivity contribution < 1.29 is 9.90 Å². The van der Waals surface area contributed by atoms with Gasteiger partial charge in [-0.05, 0) is 46.3 Å². The molecule has 110 valence electrons. The minimum atomic E-state index is -0.584. The monoisotopic (exact) mass is 268 g/mol. The van der Waals surface area contributed by atoms with E-state index in [1.807, 2.05) is 0 Å². The van der Waals surface area contributed by atoms with E-state index in [9.17, 15) is 9.90 Å². The summed E-state index contributed by atoms with van der Waals surface area (Å²) in [7, 11) is 4.27. The first-order valence-corrected chi connectivity index (χ1v) is 7.66. The predicted octanol–water partition coefficient (Wildman–Crippen LogP) is 2.05. The van der Waals surface area contributed by atoms with Gasteiger partial charge >= 0.3 is 5.97 Å². The lowest BCUT2D eigenvalue weighted by atomic mass is 9.73. The fourth-order valence-corrected chi connectivity index (χ4v) is 3.82. The molecule has 1 aliphatic heterocycles. The lowest BCUT2D eigenvalue weighted by molar-refractivity contribution is -0.152. The largest absolute Gasteiger partial charge is 0.481 e. The molecule has 0 aromatic heterocycles. The van der Waals surface area contributed by atoms with E-state index in [1.54, 1.807) is 0 Å². The summed E-state index contributed by atoms with van der Waals surface area (Å²) in [6.07, 6.45) is 7.58. The first-order valence-electron chi connectivity index (χ1n) is 7.66. The highest BCUT2D eigenvalue weighted by molar-refractivity contribution is 5.75. The molecule has 1 heterocycles. The Kier molecular flexibility index (Phi) is 4.85. The molecule has 0 bridgehead atoms. The number of nitrogens with zero attached hydrogens (tertiary/aromatic N) is 2. The number of carboxylic acid groups (broad SMARTS) is 1. The van der Waals surface area contributed by atoms with E-state index in [4.69, 9.17) is 0 Å². The highest BCUT2D eigenvalue weighted by atomic mass is 16.4. The molecule has 0 aromatic carbocycles. The van der Waals surface area contributed by atoms with Crippen LogP contribution in [0.2, 0.25) is 0 Å². The molecule has 2 fully saturated rings. The average Bonchev–Trinajstić information content (AvgIpc) is 2.76. The van der Waals surface area contributed by atoms with Crippen LogP contribution in [0.4, 0.5) is 0 Å². The van der Waals surface area contributed by atoms with Gasteiger partial charge in [0, 0.05) is 19.1 Å². The first kappa shape index (κ1) is 14.8. The van der Waals surface area contributed by atoms with Crippen LogP contribution < -0.4 is 0 Å². The molecule has 0 spiro atoms. The molecule has 1 atom stereocenters. The quantitative estimate of drug-likeness (QED) is 0.829. The maximum atomic E-state index is 11.7. The summed E-state index contributed by atoms with van der Waals surface area (Å²) < 4.78 is 0. The molecule has 0 amide bonds. The van der Waals surface area contributed by atoms with Crippen molar-refractivity contribution >= 4 is 5.97 Å². The molecule has 1 saturated heterocycles. The summed E-state index contributed by atoms with van der Waals surface area (Å²) in [6.45, 7) is 2.90. The zero-order chi connectivity index (χ0) is 13.9. The van der Waals surface area contributed by atoms with Gasteiger partial charge in [-0.25, -0.2) is 0 Å². The summed E-state index contributed by atoms with van der Waals surface area (Å²) in [6, 6.07) is 0.611. The van der Waals surface area contributed by atoms with Gasteiger partial charge in [0.1, 0.15) is 0 Å². The number of aliphatic carboxylic acids is 1. The molecule has 19 heavy (non-hydrogen) atoms. The van der Waals surface area contributed by atoms with Gasteiger partial charge in [0.25, 0.3) is 0 Å². The number of carbonyl (C=O) groups is 1. The van der Waals surface area contributed by atoms with Gasteiger partial charge in [-0.15, -0.1) is 0 Å². The van der Waals surface area contributed by atoms with Crippen molar-refractivity contribution in [2.75, 3.05) is 33.7 Å². The summed E-state index contributed by atoms with van der Waals surface area (Å²) in [5, 5.41) is 9.61. The van der Waals surface area contributed by atoms with Gasteiger partial charge in [-0.1, -0.05) is 19.3 Å². The maximum Gasteiger partial charge on any atom is 0.310 e. The van der Waals surface area contributed by atoms with Crippen molar-refractivity contribution in [3.8, 4) is 0 Å². The Bertz CT molecular complexity index is 313. The van der Waals surface area contributed by atoms with Crippen molar-refractivity contribution in [1.82, 2.24) is 9.80 Å². The zero-order valence-electron chi connectivity index (χ0n) is 12.4. The topological polar surface area (TPSA) is 43.8 Å². The first-order chi connectivity index (χ1) is 9.03. The molecule has 1 saturated carbocycles. The molecule has 0 radical (unpaired) electrons. The summed E-state index contributed by atoms with van der Waals surface area (Å²) in [4.78, 5) is 16.3. The van der Waals surface area contributed by atoms with E-state index in [0.29, 0.717) is 12.6 Å². The van der Waals surface area contributed by atoms with Crippen molar-refractivity contribution in [2.24, 2.45) is 5.41 Å². The Morgan fingerprint density at radius 2 is 2.00 bits per heavy atom. The minimum absolute atomic E-state index is 0.482. The second-order valence-electron chi connectivity index (χ2n) is 6.62. The van der Waals surface area contributed by atoms with Crippen LogP contribution in [0.15, 0.2) is 0 Å². The summed E-state index contributed by atoms with van der Waals surface area (Å²) in [5.41, 5.74) is -0.482. The Hall–Kier alpha value is -0.610. The molecule has 1 unspecified atom stereocenters. The van der Waals surface area contributed by atoms with Crippen LogP contribution in [0, 0.1) is 5.41 Å². The number of hydrogen-bond acceptors (Lipinski definition) is 3. The Labute approximate surface area is 116 Å². The predicted molar refractivity (Wildman–Crippen MR) is 76.3 cm³/mol. The van der Waals surface area contributed by atoms with Crippen molar-refractivity contribution in [3.63, 3.8) is 0 Å². The van der Waals surface area contributed by atoms with Crippen LogP contribution in [0.1, 0.15) is 44.9 Å². The number of rotatable bonds is 5. The van der Waals surface area contributed by atoms with Crippen molar-refractivity contribution in [1.29, 1.82) is 0 Å². The van der Waals surface area contributed by atoms with Gasteiger partial charge in [0.15, 0.2) is 0 Å². The Morgan fingerprint density at radius 3 is 2.53 bits per heavy atom. The molecular weight excluding hydrogens is 240 g/mol. The van der Waals surface area contributed by atoms with Crippen LogP contribution in [-0.4, -0.2) is 60.6 Å². The average molecular weight is 268 g/mol. The van der Waals surface area contributed by atoms with E-state index < -0.39 is 11.4 Å². The molecule has 2 aliphatic rings. The Balaban J connectivity index is 1.91. The van der Waals surface area contributed by atoms with Crippen LogP contribution in [0.25, 0.3) is 0 Å². The highest BCUT2D eigenvalue weighted by Crippen LogP contribution is 2.37. The van der Waals surface area contributed by atoms with Gasteiger partial charge in [0.2, 0.25) is 0 Å². The van der Waals surface area contributed by atoms with Gasteiger partial charge in [0.05, 0.1) is 5.41 Å². The Morgan fingerprint density at radius 1 is 1.32 bits per heavy atom. The third-order valence-electron chi connectivity index (χ3n) is 5.03. The number of likely N-dealkylation sites (N-methyl/N-ethyl adjacent to an activating group) is 2. The second-order valence-corrected chi connectivity index (χ2v) is 6.62. The molecule has 4 nitrogen and oxygen atoms in total. The van der Waals surface area contributed by atoms with Crippen LogP contribution in [0.3, 0.4) is 0 Å². The van der Waals surface area contributed by atoms with E-state index in [0.717, 1.165) is 32.2 Å². The normalized spacial score (nSPS) is 27.8. The van der Waals surface area contributed by atoms with Gasteiger partial charge in [-0.2, -0.15) is 0 Å². The van der Waals surface area contributed by atoms with E-state index >= 15 is 0 Å². The third kappa shape index (κ3) is 3.48. The van der Waals surface area contributed by atoms with E-state index in [1.165, 1.54) is 25.8 Å². The molecule has 4 heteroatoms. The second kappa shape index (κ2) is 6.23. The fourth-order valence-electron chi connectivity index (χ4n) is 3.82. The highest BCUT2D eigenvalue weighted by Gasteiger charge is 2.40. The van der Waals surface area contributed by atoms with Crippen LogP contribution in [0.5, 0.6) is 0 Å². The fraction of sp³-hybridized carbons (Fsp3) is 0.933. The smallest absolute Gasteiger partial charge is 0.310 e. The SMILES string of the molecule is CN(CC1CCCN1C)CC1(C(=O)O)CCCCC1. The maximum absolute atomic E-state index is 11.7. The molecule has 0 aromatic rings. The van der Waals surface area contributed by atoms with E-state index in [2.05, 4.69) is 23.9 Å². The van der Waals surface area contributed by atoms with E-state index in [-0.39, 0.29) is 0 Å². The molecular formula is C15H28N2O2. The molecule has 1 aliphatic carbocycles. The number of carboxylic acids is 1. The molecule has 2 rings (SSSR count). The summed E-state index contributed by atoms with van der Waals surface area (Å²) >= 11 is 0. The summed E-state index contributed by atoms with van der Waals surface area (Å²) in [5.74, 6) is -0.584. The standard InChI is InChI=1S/C15H28N2O2/c1-16(11-13-7-6-10-17(13)2)12-15(14(18)19)8-4-3-5-9-15/h13H,3-12H2,1-2H3,(H,18,19). The number of hydrogen-bond donors (Lipinski definition) is 1. The lowest BCUT2D eigenvalue weighted by Crippen LogP contribution is -2.46. The number of likely N-dealkylation sites (tertiary alicyclic amines) is 1.